The first-order valence-corrected chi connectivity index (χ1v) is 9.76. The topological polar surface area (TPSA) is 87.7 Å². The molecule has 0 spiro atoms. The van der Waals surface area contributed by atoms with Crippen LogP contribution >= 0.6 is 0 Å². The van der Waals surface area contributed by atoms with E-state index in [4.69, 9.17) is 0 Å². The smallest absolute Gasteiger partial charge is 0.222 e. The van der Waals surface area contributed by atoms with Crippen molar-refractivity contribution in [1.82, 2.24) is 30.0 Å². The van der Waals surface area contributed by atoms with E-state index in [2.05, 4.69) is 25.1 Å². The van der Waals surface area contributed by atoms with Gasteiger partial charge in [-0.3, -0.25) is 14.9 Å². The van der Waals surface area contributed by atoms with E-state index in [1.165, 1.54) is 25.7 Å². The van der Waals surface area contributed by atoms with E-state index in [0.717, 1.165) is 44.1 Å². The molecule has 1 N–H and O–H groups in total. The van der Waals surface area contributed by atoms with Gasteiger partial charge in [0.2, 0.25) is 11.7 Å². The molecule has 7 nitrogen and oxygen atoms in total. The zero-order valence-electron chi connectivity index (χ0n) is 15.1. The van der Waals surface area contributed by atoms with Gasteiger partial charge in [0.15, 0.2) is 0 Å². The summed E-state index contributed by atoms with van der Waals surface area (Å²) in [5.41, 5.74) is 0.675. The highest BCUT2D eigenvalue weighted by molar-refractivity contribution is 5.76. The normalized spacial score (nSPS) is 19.2. The van der Waals surface area contributed by atoms with Crippen molar-refractivity contribution in [3.8, 4) is 11.5 Å². The lowest BCUT2D eigenvalue weighted by molar-refractivity contribution is -0.132. The van der Waals surface area contributed by atoms with Crippen molar-refractivity contribution in [3.63, 3.8) is 0 Å². The molecular formula is C19H26N6O. The quantitative estimate of drug-likeness (QED) is 0.892. The Morgan fingerprint density at radius 1 is 1.15 bits per heavy atom. The van der Waals surface area contributed by atoms with Crippen LogP contribution in [0.2, 0.25) is 0 Å². The molecule has 26 heavy (non-hydrogen) atoms. The fourth-order valence-corrected chi connectivity index (χ4v) is 4.17. The third-order valence-electron chi connectivity index (χ3n) is 5.77. The second-order valence-corrected chi connectivity index (χ2v) is 7.48. The van der Waals surface area contributed by atoms with Crippen LogP contribution in [0.4, 0.5) is 0 Å². The van der Waals surface area contributed by atoms with E-state index >= 15 is 0 Å². The molecule has 0 aromatic carbocycles. The molecule has 2 aromatic rings. The van der Waals surface area contributed by atoms with Crippen molar-refractivity contribution in [2.45, 2.75) is 57.3 Å². The van der Waals surface area contributed by atoms with Crippen LogP contribution in [0.5, 0.6) is 0 Å². The summed E-state index contributed by atoms with van der Waals surface area (Å²) in [5.74, 6) is 2.91. The van der Waals surface area contributed by atoms with Crippen molar-refractivity contribution < 1.29 is 4.79 Å². The van der Waals surface area contributed by atoms with Gasteiger partial charge in [-0.2, -0.15) is 5.10 Å². The zero-order valence-corrected chi connectivity index (χ0v) is 15.1. The van der Waals surface area contributed by atoms with Crippen molar-refractivity contribution in [3.05, 3.63) is 24.4 Å². The first-order chi connectivity index (χ1) is 12.8. The maximum Gasteiger partial charge on any atom is 0.222 e. The number of H-pyrrole nitrogens is 1. The third kappa shape index (κ3) is 3.92. The standard InChI is InChI=1S/C19H26N6O/c26-17(6-5-14-3-1-2-4-14)25-11-7-15(8-12-25)18-22-19(24-23-18)16-13-20-9-10-21-16/h9-10,13-15H,1-8,11-12H2,(H,22,23,24). The minimum atomic E-state index is 0.326. The van der Waals surface area contributed by atoms with E-state index in [9.17, 15) is 4.79 Å². The van der Waals surface area contributed by atoms with E-state index in [0.29, 0.717) is 29.8 Å². The van der Waals surface area contributed by atoms with E-state index < -0.39 is 0 Å². The number of rotatable bonds is 5. The summed E-state index contributed by atoms with van der Waals surface area (Å²) in [6, 6.07) is 0. The average Bonchev–Trinajstić information content (AvgIpc) is 3.39. The highest BCUT2D eigenvalue weighted by atomic mass is 16.2. The van der Waals surface area contributed by atoms with Gasteiger partial charge in [-0.15, -0.1) is 0 Å². The Labute approximate surface area is 153 Å². The van der Waals surface area contributed by atoms with Crippen LogP contribution < -0.4 is 0 Å². The molecule has 1 saturated heterocycles. The number of nitrogens with zero attached hydrogens (tertiary/aromatic N) is 5. The monoisotopic (exact) mass is 354 g/mol. The first-order valence-electron chi connectivity index (χ1n) is 9.76. The maximum atomic E-state index is 12.5. The van der Waals surface area contributed by atoms with Crippen LogP contribution in [0.3, 0.4) is 0 Å². The summed E-state index contributed by atoms with van der Waals surface area (Å²) in [6.45, 7) is 1.63. The molecule has 1 aliphatic carbocycles. The van der Waals surface area contributed by atoms with Gasteiger partial charge in [-0.25, -0.2) is 9.97 Å². The number of aromatic amines is 1. The summed E-state index contributed by atoms with van der Waals surface area (Å²) in [7, 11) is 0. The van der Waals surface area contributed by atoms with Crippen molar-refractivity contribution >= 4 is 5.91 Å². The number of aromatic nitrogens is 5. The lowest BCUT2D eigenvalue weighted by Crippen LogP contribution is -2.38. The van der Waals surface area contributed by atoms with Gasteiger partial charge in [-0.05, 0) is 25.2 Å². The second-order valence-electron chi connectivity index (χ2n) is 7.48. The van der Waals surface area contributed by atoms with Gasteiger partial charge < -0.3 is 4.90 Å². The molecule has 2 aromatic heterocycles. The molecule has 0 atom stereocenters. The van der Waals surface area contributed by atoms with Gasteiger partial charge in [-0.1, -0.05) is 25.7 Å². The first kappa shape index (κ1) is 17.1. The highest BCUT2D eigenvalue weighted by Crippen LogP contribution is 2.30. The van der Waals surface area contributed by atoms with Gasteiger partial charge in [0, 0.05) is 37.8 Å². The summed E-state index contributed by atoms with van der Waals surface area (Å²) in [5, 5.41) is 7.32. The minimum absolute atomic E-state index is 0.326. The van der Waals surface area contributed by atoms with Gasteiger partial charge in [0.25, 0.3) is 0 Å². The van der Waals surface area contributed by atoms with Crippen LogP contribution in [-0.2, 0) is 4.79 Å². The Kier molecular flexibility index (Phi) is 5.22. The number of carbonyl (C=O) groups excluding carboxylic acids is 1. The lowest BCUT2D eigenvalue weighted by Gasteiger charge is -2.31. The number of amides is 1. The predicted molar refractivity (Wildman–Crippen MR) is 97.2 cm³/mol. The summed E-state index contributed by atoms with van der Waals surface area (Å²) in [4.78, 5) is 27.4. The van der Waals surface area contributed by atoms with Crippen LogP contribution in [0.15, 0.2) is 18.6 Å². The lowest BCUT2D eigenvalue weighted by atomic mass is 9.95. The predicted octanol–water partition coefficient (Wildman–Crippen LogP) is 2.94. The van der Waals surface area contributed by atoms with Crippen LogP contribution in [0, 0.1) is 5.92 Å². The Hall–Kier alpha value is -2.31. The minimum Gasteiger partial charge on any atom is -0.343 e. The van der Waals surface area contributed by atoms with Gasteiger partial charge >= 0.3 is 0 Å². The molecule has 2 fully saturated rings. The molecule has 4 rings (SSSR count). The molecule has 1 amide bonds. The maximum absolute atomic E-state index is 12.5. The summed E-state index contributed by atoms with van der Waals surface area (Å²) < 4.78 is 0. The van der Waals surface area contributed by atoms with Crippen LogP contribution in [0.1, 0.15) is 63.1 Å². The number of carbonyl (C=O) groups is 1. The van der Waals surface area contributed by atoms with Crippen LogP contribution in [0.25, 0.3) is 11.5 Å². The van der Waals surface area contributed by atoms with Crippen molar-refractivity contribution in [2.75, 3.05) is 13.1 Å². The largest absolute Gasteiger partial charge is 0.343 e. The Morgan fingerprint density at radius 2 is 1.96 bits per heavy atom. The molecule has 1 saturated carbocycles. The Morgan fingerprint density at radius 3 is 2.69 bits per heavy atom. The van der Waals surface area contributed by atoms with Gasteiger partial charge in [0.1, 0.15) is 11.5 Å². The third-order valence-corrected chi connectivity index (χ3v) is 5.77. The molecule has 7 heteroatoms. The fourth-order valence-electron chi connectivity index (χ4n) is 4.17. The second kappa shape index (κ2) is 7.93. The zero-order chi connectivity index (χ0) is 17.8. The van der Waals surface area contributed by atoms with Gasteiger partial charge in [0.05, 0.1) is 6.20 Å². The van der Waals surface area contributed by atoms with Crippen LogP contribution in [-0.4, -0.2) is 49.0 Å². The number of piperidine rings is 1. The molecular weight excluding hydrogens is 328 g/mol. The highest BCUT2D eigenvalue weighted by Gasteiger charge is 2.26. The summed E-state index contributed by atoms with van der Waals surface area (Å²) in [6.07, 6.45) is 13.9. The Bertz CT molecular complexity index is 717. The van der Waals surface area contributed by atoms with E-state index in [-0.39, 0.29) is 0 Å². The number of hydrogen-bond donors (Lipinski definition) is 1. The van der Waals surface area contributed by atoms with Crippen molar-refractivity contribution in [1.29, 1.82) is 0 Å². The molecule has 138 valence electrons. The number of nitrogens with one attached hydrogen (secondary N) is 1. The van der Waals surface area contributed by atoms with Crippen molar-refractivity contribution in [2.24, 2.45) is 5.92 Å². The number of hydrogen-bond acceptors (Lipinski definition) is 5. The molecule has 2 aliphatic rings. The molecule has 0 radical (unpaired) electrons. The molecule has 3 heterocycles. The fraction of sp³-hybridized carbons (Fsp3) is 0.632. The van der Waals surface area contributed by atoms with E-state index in [1.807, 2.05) is 4.90 Å². The SMILES string of the molecule is O=C(CCC1CCCC1)N1CCC(c2nc(-c3cnccn3)n[nH]2)CC1. The molecule has 1 aliphatic heterocycles. The molecule has 0 bridgehead atoms. The average molecular weight is 354 g/mol. The van der Waals surface area contributed by atoms with E-state index in [1.54, 1.807) is 18.6 Å². The number of likely N-dealkylation sites (tertiary alicyclic amines) is 1. The summed E-state index contributed by atoms with van der Waals surface area (Å²) >= 11 is 0. The Balaban J connectivity index is 1.28. The molecule has 0 unspecified atom stereocenters.